The van der Waals surface area contributed by atoms with Crippen LogP contribution in [0.5, 0.6) is 0 Å². The molecule has 1 heterocycles. The molecule has 96 valence electrons. The summed E-state index contributed by atoms with van der Waals surface area (Å²) >= 11 is 0. The van der Waals surface area contributed by atoms with Gasteiger partial charge in [0.2, 0.25) is 5.91 Å². The van der Waals surface area contributed by atoms with E-state index in [4.69, 9.17) is 0 Å². The number of halogens is 1. The van der Waals surface area contributed by atoms with Crippen molar-refractivity contribution in [2.45, 2.75) is 45.6 Å². The molecule has 1 saturated heterocycles. The van der Waals surface area contributed by atoms with Crippen LogP contribution in [-0.2, 0) is 4.79 Å². The largest absolute Gasteiger partial charge is 0.338 e. The Labute approximate surface area is 105 Å². The highest BCUT2D eigenvalue weighted by molar-refractivity contribution is 5.85. The summed E-state index contributed by atoms with van der Waals surface area (Å²) in [6.45, 7) is 5.90. The minimum absolute atomic E-state index is 0. The standard InChI is InChI=1S/C12H24N2O.ClH/c1-4-10(2)11-7-5-6-8-14(11)12(15)9-13-3;/h10-11,13H,4-9H2,1-3H3;1H. The molecule has 2 atom stereocenters. The molecular weight excluding hydrogens is 224 g/mol. The number of hydrogen-bond donors (Lipinski definition) is 1. The second-order valence-electron chi connectivity index (χ2n) is 4.57. The van der Waals surface area contributed by atoms with Gasteiger partial charge in [-0.1, -0.05) is 20.3 Å². The normalized spacial score (nSPS) is 22.4. The summed E-state index contributed by atoms with van der Waals surface area (Å²) in [7, 11) is 1.83. The van der Waals surface area contributed by atoms with Crippen LogP contribution in [0, 0.1) is 5.92 Å². The van der Waals surface area contributed by atoms with Crippen LogP contribution in [0.15, 0.2) is 0 Å². The quantitative estimate of drug-likeness (QED) is 0.826. The van der Waals surface area contributed by atoms with Crippen molar-refractivity contribution in [3.8, 4) is 0 Å². The fraction of sp³-hybridized carbons (Fsp3) is 0.917. The predicted molar refractivity (Wildman–Crippen MR) is 70.0 cm³/mol. The number of likely N-dealkylation sites (tertiary alicyclic amines) is 1. The number of rotatable bonds is 4. The van der Waals surface area contributed by atoms with E-state index < -0.39 is 0 Å². The van der Waals surface area contributed by atoms with Crippen LogP contribution in [0.2, 0.25) is 0 Å². The van der Waals surface area contributed by atoms with Crippen molar-refractivity contribution in [3.05, 3.63) is 0 Å². The Morgan fingerprint density at radius 1 is 1.50 bits per heavy atom. The van der Waals surface area contributed by atoms with E-state index in [2.05, 4.69) is 24.1 Å². The zero-order chi connectivity index (χ0) is 11.3. The summed E-state index contributed by atoms with van der Waals surface area (Å²) in [6.07, 6.45) is 4.79. The highest BCUT2D eigenvalue weighted by atomic mass is 35.5. The third-order valence-corrected chi connectivity index (χ3v) is 3.50. The summed E-state index contributed by atoms with van der Waals surface area (Å²) in [4.78, 5) is 14.0. The van der Waals surface area contributed by atoms with Gasteiger partial charge in [-0.25, -0.2) is 0 Å². The highest BCUT2D eigenvalue weighted by Crippen LogP contribution is 2.24. The first kappa shape index (κ1) is 15.7. The number of piperidine rings is 1. The van der Waals surface area contributed by atoms with Crippen LogP contribution in [0.1, 0.15) is 39.5 Å². The van der Waals surface area contributed by atoms with Crippen LogP contribution in [-0.4, -0.2) is 37.0 Å². The molecule has 0 saturated carbocycles. The number of likely N-dealkylation sites (N-methyl/N-ethyl adjacent to an activating group) is 1. The van der Waals surface area contributed by atoms with Crippen molar-refractivity contribution in [2.24, 2.45) is 5.92 Å². The molecule has 4 heteroatoms. The van der Waals surface area contributed by atoms with Crippen LogP contribution in [0.3, 0.4) is 0 Å². The van der Waals surface area contributed by atoms with Gasteiger partial charge in [0, 0.05) is 12.6 Å². The number of amides is 1. The molecule has 1 N–H and O–H groups in total. The van der Waals surface area contributed by atoms with Crippen molar-refractivity contribution in [3.63, 3.8) is 0 Å². The predicted octanol–water partition coefficient (Wildman–Crippen LogP) is 2.05. The fourth-order valence-electron chi connectivity index (χ4n) is 2.38. The Morgan fingerprint density at radius 2 is 2.19 bits per heavy atom. The maximum Gasteiger partial charge on any atom is 0.236 e. The molecule has 1 fully saturated rings. The molecular formula is C12H25ClN2O. The Morgan fingerprint density at radius 3 is 2.75 bits per heavy atom. The monoisotopic (exact) mass is 248 g/mol. The highest BCUT2D eigenvalue weighted by Gasteiger charge is 2.29. The molecule has 1 amide bonds. The van der Waals surface area contributed by atoms with Crippen molar-refractivity contribution in [2.75, 3.05) is 20.1 Å². The Balaban J connectivity index is 0.00000225. The molecule has 0 bridgehead atoms. The number of carbonyl (C=O) groups is 1. The molecule has 1 aliphatic rings. The number of hydrogen-bond acceptors (Lipinski definition) is 2. The van der Waals surface area contributed by atoms with Crippen molar-refractivity contribution < 1.29 is 4.79 Å². The van der Waals surface area contributed by atoms with E-state index >= 15 is 0 Å². The maximum atomic E-state index is 11.9. The average Bonchev–Trinajstić information content (AvgIpc) is 2.28. The number of carbonyl (C=O) groups excluding carboxylic acids is 1. The molecule has 1 aliphatic heterocycles. The lowest BCUT2D eigenvalue weighted by Crippen LogP contribution is -2.49. The summed E-state index contributed by atoms with van der Waals surface area (Å²) in [5.74, 6) is 0.897. The van der Waals surface area contributed by atoms with E-state index in [9.17, 15) is 4.79 Å². The zero-order valence-electron chi connectivity index (χ0n) is 10.7. The molecule has 1 rings (SSSR count). The molecule has 16 heavy (non-hydrogen) atoms. The Bertz CT molecular complexity index is 211. The first-order valence-electron chi connectivity index (χ1n) is 6.14. The zero-order valence-corrected chi connectivity index (χ0v) is 11.5. The van der Waals surface area contributed by atoms with Gasteiger partial charge in [0.15, 0.2) is 0 Å². The lowest BCUT2D eigenvalue weighted by Gasteiger charge is -2.39. The molecule has 0 radical (unpaired) electrons. The Kier molecular flexibility index (Phi) is 7.77. The summed E-state index contributed by atoms with van der Waals surface area (Å²) in [6, 6.07) is 0.476. The summed E-state index contributed by atoms with van der Waals surface area (Å²) in [5.41, 5.74) is 0. The van der Waals surface area contributed by atoms with E-state index in [-0.39, 0.29) is 18.3 Å². The second kappa shape index (κ2) is 7.91. The topological polar surface area (TPSA) is 32.3 Å². The van der Waals surface area contributed by atoms with Crippen LogP contribution < -0.4 is 5.32 Å². The first-order chi connectivity index (χ1) is 7.20. The molecule has 0 aromatic carbocycles. The lowest BCUT2D eigenvalue weighted by atomic mass is 9.90. The minimum Gasteiger partial charge on any atom is -0.338 e. The van der Waals surface area contributed by atoms with E-state index in [1.807, 2.05) is 7.05 Å². The van der Waals surface area contributed by atoms with Gasteiger partial charge in [-0.05, 0) is 32.2 Å². The first-order valence-corrected chi connectivity index (χ1v) is 6.14. The minimum atomic E-state index is 0. The smallest absolute Gasteiger partial charge is 0.236 e. The fourth-order valence-corrected chi connectivity index (χ4v) is 2.38. The lowest BCUT2D eigenvalue weighted by molar-refractivity contribution is -0.135. The Hall–Kier alpha value is -0.280. The second-order valence-corrected chi connectivity index (χ2v) is 4.57. The molecule has 2 unspecified atom stereocenters. The van der Waals surface area contributed by atoms with Crippen molar-refractivity contribution in [1.29, 1.82) is 0 Å². The molecule has 0 aromatic rings. The number of nitrogens with zero attached hydrogens (tertiary/aromatic N) is 1. The van der Waals surface area contributed by atoms with Crippen molar-refractivity contribution in [1.82, 2.24) is 10.2 Å². The average molecular weight is 249 g/mol. The van der Waals surface area contributed by atoms with E-state index in [0.29, 0.717) is 18.5 Å². The van der Waals surface area contributed by atoms with Gasteiger partial charge >= 0.3 is 0 Å². The van der Waals surface area contributed by atoms with Gasteiger partial charge in [0.05, 0.1) is 6.54 Å². The summed E-state index contributed by atoms with van der Waals surface area (Å²) in [5, 5.41) is 2.95. The van der Waals surface area contributed by atoms with Gasteiger partial charge in [0.25, 0.3) is 0 Å². The van der Waals surface area contributed by atoms with Crippen LogP contribution in [0.4, 0.5) is 0 Å². The van der Waals surface area contributed by atoms with Gasteiger partial charge < -0.3 is 10.2 Å². The maximum absolute atomic E-state index is 11.9. The SMILES string of the molecule is CCC(C)C1CCCCN1C(=O)CNC.Cl. The van der Waals surface area contributed by atoms with Crippen molar-refractivity contribution >= 4 is 18.3 Å². The number of nitrogens with one attached hydrogen (secondary N) is 1. The molecule has 0 aromatic heterocycles. The third kappa shape index (κ3) is 3.95. The van der Waals surface area contributed by atoms with E-state index in [1.165, 1.54) is 19.3 Å². The van der Waals surface area contributed by atoms with Gasteiger partial charge in [-0.15, -0.1) is 12.4 Å². The molecule has 0 spiro atoms. The van der Waals surface area contributed by atoms with Gasteiger partial charge in [-0.3, -0.25) is 4.79 Å². The van der Waals surface area contributed by atoms with E-state index in [1.54, 1.807) is 0 Å². The molecule has 3 nitrogen and oxygen atoms in total. The van der Waals surface area contributed by atoms with Gasteiger partial charge in [0.1, 0.15) is 0 Å². The van der Waals surface area contributed by atoms with E-state index in [0.717, 1.165) is 13.0 Å². The third-order valence-electron chi connectivity index (χ3n) is 3.50. The summed E-state index contributed by atoms with van der Waals surface area (Å²) < 4.78 is 0. The molecule has 0 aliphatic carbocycles. The van der Waals surface area contributed by atoms with Crippen LogP contribution in [0.25, 0.3) is 0 Å². The van der Waals surface area contributed by atoms with Gasteiger partial charge in [-0.2, -0.15) is 0 Å². The van der Waals surface area contributed by atoms with Crippen LogP contribution >= 0.6 is 12.4 Å².